The third-order valence-corrected chi connectivity index (χ3v) is 2.75. The predicted molar refractivity (Wildman–Crippen MR) is 74.3 cm³/mol. The van der Waals surface area contributed by atoms with Crippen molar-refractivity contribution in [1.29, 1.82) is 0 Å². The van der Waals surface area contributed by atoms with Crippen molar-refractivity contribution >= 4 is 12.3 Å². The SMILES string of the molecule is CCOc1cccc(C=O)c1OCC(C)(C)C(=O)OC. The summed E-state index contributed by atoms with van der Waals surface area (Å²) in [7, 11) is 1.33. The van der Waals surface area contributed by atoms with Crippen LogP contribution in [-0.2, 0) is 9.53 Å². The van der Waals surface area contributed by atoms with Gasteiger partial charge < -0.3 is 14.2 Å². The molecule has 5 heteroatoms. The van der Waals surface area contributed by atoms with E-state index in [4.69, 9.17) is 14.2 Å². The Hall–Kier alpha value is -2.04. The Labute approximate surface area is 118 Å². The van der Waals surface area contributed by atoms with Gasteiger partial charge >= 0.3 is 5.97 Å². The first-order valence-corrected chi connectivity index (χ1v) is 6.38. The van der Waals surface area contributed by atoms with Crippen LogP contribution in [0.1, 0.15) is 31.1 Å². The summed E-state index contributed by atoms with van der Waals surface area (Å²) in [4.78, 5) is 22.7. The number of methoxy groups -OCH3 is 1. The van der Waals surface area contributed by atoms with Gasteiger partial charge in [0.15, 0.2) is 17.8 Å². The fourth-order valence-corrected chi connectivity index (χ4v) is 1.64. The van der Waals surface area contributed by atoms with Crippen LogP contribution in [-0.4, -0.2) is 32.6 Å². The molecule has 0 radical (unpaired) electrons. The van der Waals surface area contributed by atoms with Gasteiger partial charge in [0.2, 0.25) is 0 Å². The Morgan fingerprint density at radius 2 is 2.00 bits per heavy atom. The topological polar surface area (TPSA) is 61.8 Å². The Balaban J connectivity index is 2.96. The number of carbonyl (C=O) groups excluding carboxylic acids is 2. The molecule has 0 fully saturated rings. The number of hydrogen-bond donors (Lipinski definition) is 0. The molecule has 0 saturated heterocycles. The standard InChI is InChI=1S/C15H20O5/c1-5-19-12-8-6-7-11(9-16)13(12)20-10-15(2,3)14(17)18-4/h6-9H,5,10H2,1-4H3. The molecule has 1 rings (SSSR count). The summed E-state index contributed by atoms with van der Waals surface area (Å²) < 4.78 is 15.8. The maximum absolute atomic E-state index is 11.6. The summed E-state index contributed by atoms with van der Waals surface area (Å²) >= 11 is 0. The highest BCUT2D eigenvalue weighted by Crippen LogP contribution is 2.32. The van der Waals surface area contributed by atoms with Crippen LogP contribution in [0.15, 0.2) is 18.2 Å². The minimum absolute atomic E-state index is 0.0879. The molecule has 0 spiro atoms. The summed E-state index contributed by atoms with van der Waals surface area (Å²) in [6, 6.07) is 5.07. The van der Waals surface area contributed by atoms with Crippen molar-refractivity contribution in [3.05, 3.63) is 23.8 Å². The van der Waals surface area contributed by atoms with Crippen LogP contribution in [0.25, 0.3) is 0 Å². The maximum Gasteiger partial charge on any atom is 0.314 e. The zero-order chi connectivity index (χ0) is 15.2. The normalized spacial score (nSPS) is 10.8. The molecule has 0 amide bonds. The molecule has 110 valence electrons. The number of esters is 1. The molecule has 0 heterocycles. The number of benzene rings is 1. The van der Waals surface area contributed by atoms with Crippen LogP contribution < -0.4 is 9.47 Å². The number of ether oxygens (including phenoxy) is 3. The van der Waals surface area contributed by atoms with Gasteiger partial charge in [-0.2, -0.15) is 0 Å². The van der Waals surface area contributed by atoms with Crippen molar-refractivity contribution in [2.75, 3.05) is 20.3 Å². The van der Waals surface area contributed by atoms with E-state index < -0.39 is 5.41 Å². The highest BCUT2D eigenvalue weighted by molar-refractivity contribution is 5.81. The zero-order valence-electron chi connectivity index (χ0n) is 12.3. The van der Waals surface area contributed by atoms with Crippen LogP contribution in [0.4, 0.5) is 0 Å². The predicted octanol–water partition coefficient (Wildman–Crippen LogP) is 2.48. The summed E-state index contributed by atoms with van der Waals surface area (Å²) in [5, 5.41) is 0. The van der Waals surface area contributed by atoms with Crippen molar-refractivity contribution < 1.29 is 23.8 Å². The minimum atomic E-state index is -0.811. The molecule has 20 heavy (non-hydrogen) atoms. The Morgan fingerprint density at radius 1 is 1.30 bits per heavy atom. The first kappa shape index (κ1) is 16.0. The lowest BCUT2D eigenvalue weighted by molar-refractivity contribution is -0.152. The lowest BCUT2D eigenvalue weighted by atomic mass is 9.95. The number of rotatable bonds is 7. The molecule has 0 aliphatic heterocycles. The molecule has 0 N–H and O–H groups in total. The van der Waals surface area contributed by atoms with Crippen molar-refractivity contribution in [3.63, 3.8) is 0 Å². The molecule has 5 nitrogen and oxygen atoms in total. The van der Waals surface area contributed by atoms with Crippen LogP contribution in [0, 0.1) is 5.41 Å². The molecule has 0 aliphatic rings. The van der Waals surface area contributed by atoms with Gasteiger partial charge in [-0.15, -0.1) is 0 Å². The van der Waals surface area contributed by atoms with E-state index in [-0.39, 0.29) is 12.6 Å². The van der Waals surface area contributed by atoms with Crippen LogP contribution >= 0.6 is 0 Å². The molecule has 0 unspecified atom stereocenters. The number of aldehydes is 1. The maximum atomic E-state index is 11.6. The third-order valence-electron chi connectivity index (χ3n) is 2.75. The van der Waals surface area contributed by atoms with Gasteiger partial charge in [0.05, 0.1) is 24.7 Å². The van der Waals surface area contributed by atoms with Crippen molar-refractivity contribution in [3.8, 4) is 11.5 Å². The fourth-order valence-electron chi connectivity index (χ4n) is 1.64. The van der Waals surface area contributed by atoms with E-state index in [9.17, 15) is 9.59 Å². The van der Waals surface area contributed by atoms with E-state index in [1.165, 1.54) is 7.11 Å². The summed E-state index contributed by atoms with van der Waals surface area (Å²) in [6.07, 6.45) is 0.697. The Kier molecular flexibility index (Phi) is 5.55. The fraction of sp³-hybridized carbons (Fsp3) is 0.467. The molecule has 0 atom stereocenters. The molecule has 1 aromatic carbocycles. The van der Waals surface area contributed by atoms with Crippen LogP contribution in [0.2, 0.25) is 0 Å². The van der Waals surface area contributed by atoms with E-state index in [1.54, 1.807) is 32.0 Å². The van der Waals surface area contributed by atoms with E-state index in [0.29, 0.717) is 30.0 Å². The first-order chi connectivity index (χ1) is 9.46. The van der Waals surface area contributed by atoms with Crippen LogP contribution in [0.3, 0.4) is 0 Å². The van der Waals surface area contributed by atoms with Gasteiger partial charge in [0, 0.05) is 0 Å². The van der Waals surface area contributed by atoms with Gasteiger partial charge in [0.25, 0.3) is 0 Å². The van der Waals surface area contributed by atoms with Gasteiger partial charge in [0.1, 0.15) is 6.61 Å². The van der Waals surface area contributed by atoms with E-state index >= 15 is 0 Å². The second-order valence-electron chi connectivity index (χ2n) is 4.89. The Bertz CT molecular complexity index is 479. The summed E-state index contributed by atoms with van der Waals surface area (Å²) in [5.41, 5.74) is -0.426. The van der Waals surface area contributed by atoms with Gasteiger partial charge in [-0.1, -0.05) is 6.07 Å². The highest BCUT2D eigenvalue weighted by Gasteiger charge is 2.30. The minimum Gasteiger partial charge on any atom is -0.490 e. The van der Waals surface area contributed by atoms with Gasteiger partial charge in [-0.25, -0.2) is 0 Å². The average Bonchev–Trinajstić information content (AvgIpc) is 2.44. The highest BCUT2D eigenvalue weighted by atomic mass is 16.5. The van der Waals surface area contributed by atoms with E-state index in [0.717, 1.165) is 0 Å². The van der Waals surface area contributed by atoms with Gasteiger partial charge in [-0.3, -0.25) is 9.59 Å². The van der Waals surface area contributed by atoms with E-state index in [1.807, 2.05) is 6.92 Å². The van der Waals surface area contributed by atoms with E-state index in [2.05, 4.69) is 0 Å². The van der Waals surface area contributed by atoms with Crippen molar-refractivity contribution in [2.24, 2.45) is 5.41 Å². The lowest BCUT2D eigenvalue weighted by Gasteiger charge is -2.23. The molecule has 0 aromatic heterocycles. The average molecular weight is 280 g/mol. The third kappa shape index (κ3) is 3.73. The molecular formula is C15H20O5. The largest absolute Gasteiger partial charge is 0.490 e. The second kappa shape index (κ2) is 6.93. The number of hydrogen-bond acceptors (Lipinski definition) is 5. The zero-order valence-corrected chi connectivity index (χ0v) is 12.3. The molecule has 0 aliphatic carbocycles. The summed E-state index contributed by atoms with van der Waals surface area (Å²) in [6.45, 7) is 5.81. The molecular weight excluding hydrogens is 260 g/mol. The second-order valence-corrected chi connectivity index (χ2v) is 4.89. The molecule has 0 bridgehead atoms. The smallest absolute Gasteiger partial charge is 0.314 e. The molecule has 1 aromatic rings. The van der Waals surface area contributed by atoms with Crippen LogP contribution in [0.5, 0.6) is 11.5 Å². The number of carbonyl (C=O) groups is 2. The first-order valence-electron chi connectivity index (χ1n) is 6.38. The number of para-hydroxylation sites is 1. The van der Waals surface area contributed by atoms with Crippen molar-refractivity contribution in [2.45, 2.75) is 20.8 Å². The molecule has 0 saturated carbocycles. The Morgan fingerprint density at radius 3 is 2.55 bits per heavy atom. The van der Waals surface area contributed by atoms with Crippen molar-refractivity contribution in [1.82, 2.24) is 0 Å². The van der Waals surface area contributed by atoms with Gasteiger partial charge in [-0.05, 0) is 32.9 Å². The lowest BCUT2D eigenvalue weighted by Crippen LogP contribution is -2.32. The quantitative estimate of drug-likeness (QED) is 0.567. The summed E-state index contributed by atoms with van der Waals surface area (Å²) in [5.74, 6) is 0.457. The monoisotopic (exact) mass is 280 g/mol.